The van der Waals surface area contributed by atoms with E-state index in [4.69, 9.17) is 9.88 Å². The molecule has 132 valence electrons. The third kappa shape index (κ3) is 4.34. The van der Waals surface area contributed by atoms with Gasteiger partial charge < -0.3 is 9.64 Å². The monoisotopic (exact) mass is 352 g/mol. The van der Waals surface area contributed by atoms with Crippen LogP contribution in [0.15, 0.2) is 30.3 Å². The Balaban J connectivity index is 1.59. The molecular formula is C17H24N2O4S. The van der Waals surface area contributed by atoms with Crippen molar-refractivity contribution in [3.05, 3.63) is 35.9 Å². The lowest BCUT2D eigenvalue weighted by molar-refractivity contribution is -0.132. The van der Waals surface area contributed by atoms with Gasteiger partial charge in [0, 0.05) is 18.9 Å². The smallest absolute Gasteiger partial charge is 0.223 e. The minimum atomic E-state index is -3.55. The van der Waals surface area contributed by atoms with Crippen molar-refractivity contribution in [1.29, 1.82) is 0 Å². The predicted molar refractivity (Wildman–Crippen MR) is 90.5 cm³/mol. The first-order valence-corrected chi connectivity index (χ1v) is 10.1. The number of carbonyl (C=O) groups is 1. The molecule has 1 saturated carbocycles. The fraction of sp³-hybridized carbons (Fsp3) is 0.588. The second-order valence-corrected chi connectivity index (χ2v) is 8.44. The lowest BCUT2D eigenvalue weighted by Gasteiger charge is -2.30. The zero-order valence-electron chi connectivity index (χ0n) is 13.6. The molecule has 2 fully saturated rings. The number of ether oxygens (including phenoxy) is 1. The van der Waals surface area contributed by atoms with Crippen molar-refractivity contribution in [2.75, 3.05) is 12.3 Å². The van der Waals surface area contributed by atoms with Crippen molar-refractivity contribution >= 4 is 15.9 Å². The molecule has 0 bridgehead atoms. The van der Waals surface area contributed by atoms with Crippen LogP contribution in [0, 0.1) is 5.92 Å². The van der Waals surface area contributed by atoms with Crippen LogP contribution in [0.25, 0.3) is 0 Å². The summed E-state index contributed by atoms with van der Waals surface area (Å²) in [4.78, 5) is 14.1. The molecule has 2 aliphatic rings. The summed E-state index contributed by atoms with van der Waals surface area (Å²) < 4.78 is 28.6. The molecule has 3 atom stereocenters. The molecule has 7 heteroatoms. The molecular weight excluding hydrogens is 328 g/mol. The molecule has 3 unspecified atom stereocenters. The quantitative estimate of drug-likeness (QED) is 0.835. The number of amides is 1. The van der Waals surface area contributed by atoms with E-state index in [-0.39, 0.29) is 36.1 Å². The van der Waals surface area contributed by atoms with E-state index in [0.29, 0.717) is 13.2 Å². The van der Waals surface area contributed by atoms with Gasteiger partial charge >= 0.3 is 0 Å². The molecule has 1 aliphatic carbocycles. The number of hydrogen-bond donors (Lipinski definition) is 1. The highest BCUT2D eigenvalue weighted by Crippen LogP contribution is 2.32. The van der Waals surface area contributed by atoms with Crippen molar-refractivity contribution < 1.29 is 17.9 Å². The maximum atomic E-state index is 12.3. The van der Waals surface area contributed by atoms with E-state index in [0.717, 1.165) is 24.8 Å². The Kier molecular flexibility index (Phi) is 5.22. The third-order valence-electron chi connectivity index (χ3n) is 4.83. The molecule has 0 aromatic heterocycles. The number of primary sulfonamides is 1. The minimum Gasteiger partial charge on any atom is -0.371 e. The zero-order chi connectivity index (χ0) is 17.2. The summed E-state index contributed by atoms with van der Waals surface area (Å²) in [7, 11) is -3.55. The first-order chi connectivity index (χ1) is 11.4. The van der Waals surface area contributed by atoms with Crippen molar-refractivity contribution in [3.63, 3.8) is 0 Å². The second-order valence-electron chi connectivity index (χ2n) is 6.78. The number of nitrogens with zero attached hydrogens (tertiary/aromatic N) is 1. The molecule has 0 spiro atoms. The molecule has 0 radical (unpaired) electrons. The van der Waals surface area contributed by atoms with Crippen LogP contribution in [-0.2, 0) is 26.2 Å². The number of nitrogens with two attached hydrogens (primary N) is 1. The number of carbonyl (C=O) groups excluding carboxylic acids is 1. The van der Waals surface area contributed by atoms with Crippen LogP contribution < -0.4 is 5.14 Å². The number of likely N-dealkylation sites (tertiary alicyclic amines) is 1. The Labute approximate surface area is 143 Å². The molecule has 1 aromatic rings. The van der Waals surface area contributed by atoms with E-state index in [9.17, 15) is 13.2 Å². The van der Waals surface area contributed by atoms with Gasteiger partial charge in [-0.05, 0) is 24.8 Å². The van der Waals surface area contributed by atoms with E-state index in [1.54, 1.807) is 0 Å². The zero-order valence-corrected chi connectivity index (χ0v) is 14.5. The first-order valence-electron chi connectivity index (χ1n) is 8.38. The highest BCUT2D eigenvalue weighted by Gasteiger charge is 2.41. The van der Waals surface area contributed by atoms with E-state index >= 15 is 0 Å². The molecule has 24 heavy (non-hydrogen) atoms. The number of rotatable bonds is 6. The highest BCUT2D eigenvalue weighted by atomic mass is 32.2. The topological polar surface area (TPSA) is 89.7 Å². The standard InChI is InChI=1S/C17H24N2O4S/c18-24(21,22)12-14-9-17(20)19(10-14)15-7-4-8-16(15)23-11-13-5-2-1-3-6-13/h1-3,5-6,14-16H,4,7-12H2,(H2,18,21,22). The number of sulfonamides is 1. The lowest BCUT2D eigenvalue weighted by atomic mass is 10.1. The molecule has 2 N–H and O–H groups in total. The van der Waals surface area contributed by atoms with Crippen LogP contribution in [0.2, 0.25) is 0 Å². The summed E-state index contributed by atoms with van der Waals surface area (Å²) in [5.74, 6) is -0.316. The molecule has 1 saturated heterocycles. The van der Waals surface area contributed by atoms with Crippen LogP contribution in [0.3, 0.4) is 0 Å². The predicted octanol–water partition coefficient (Wildman–Crippen LogP) is 1.26. The molecule has 1 amide bonds. The number of benzene rings is 1. The van der Waals surface area contributed by atoms with Crippen molar-refractivity contribution in [2.24, 2.45) is 11.1 Å². The minimum absolute atomic E-state index is 0.0161. The van der Waals surface area contributed by atoms with Crippen LogP contribution in [0.5, 0.6) is 0 Å². The number of hydrogen-bond acceptors (Lipinski definition) is 4. The molecule has 1 aromatic carbocycles. The van der Waals surface area contributed by atoms with Gasteiger partial charge in [0.2, 0.25) is 15.9 Å². The van der Waals surface area contributed by atoms with Crippen LogP contribution in [0.4, 0.5) is 0 Å². The normalized spacial score (nSPS) is 27.8. The Morgan fingerprint density at radius 3 is 2.67 bits per heavy atom. The van der Waals surface area contributed by atoms with Gasteiger partial charge in [0.05, 0.1) is 24.5 Å². The van der Waals surface area contributed by atoms with Crippen LogP contribution in [-0.4, -0.2) is 43.7 Å². The Morgan fingerprint density at radius 2 is 1.96 bits per heavy atom. The Bertz CT molecular complexity index is 677. The van der Waals surface area contributed by atoms with Crippen molar-refractivity contribution in [3.8, 4) is 0 Å². The average Bonchev–Trinajstić information content (AvgIpc) is 3.10. The maximum absolute atomic E-state index is 12.3. The third-order valence-corrected chi connectivity index (χ3v) is 5.77. The van der Waals surface area contributed by atoms with Gasteiger partial charge in [0.15, 0.2) is 0 Å². The first kappa shape index (κ1) is 17.4. The van der Waals surface area contributed by atoms with E-state index in [1.165, 1.54) is 0 Å². The highest BCUT2D eigenvalue weighted by molar-refractivity contribution is 7.89. The summed E-state index contributed by atoms with van der Waals surface area (Å²) in [6, 6.07) is 10.0. The summed E-state index contributed by atoms with van der Waals surface area (Å²) in [5.41, 5.74) is 1.11. The Hall–Kier alpha value is -1.44. The fourth-order valence-corrected chi connectivity index (χ4v) is 4.68. The second kappa shape index (κ2) is 7.21. The molecule has 6 nitrogen and oxygen atoms in total. The van der Waals surface area contributed by atoms with Gasteiger partial charge in [-0.3, -0.25) is 4.79 Å². The summed E-state index contributed by atoms with van der Waals surface area (Å²) in [6.07, 6.45) is 3.14. The van der Waals surface area contributed by atoms with Gasteiger partial charge in [-0.1, -0.05) is 30.3 Å². The van der Waals surface area contributed by atoms with E-state index < -0.39 is 10.0 Å². The summed E-state index contributed by atoms with van der Waals surface area (Å²) >= 11 is 0. The average molecular weight is 352 g/mol. The fourth-order valence-electron chi connectivity index (χ4n) is 3.80. The van der Waals surface area contributed by atoms with Crippen LogP contribution in [0.1, 0.15) is 31.2 Å². The van der Waals surface area contributed by atoms with Crippen molar-refractivity contribution in [2.45, 2.75) is 44.4 Å². The van der Waals surface area contributed by atoms with Gasteiger partial charge in [0.1, 0.15) is 0 Å². The van der Waals surface area contributed by atoms with Gasteiger partial charge in [-0.2, -0.15) is 0 Å². The lowest BCUT2D eigenvalue weighted by Crippen LogP contribution is -2.42. The molecule has 1 heterocycles. The molecule has 3 rings (SSSR count). The van der Waals surface area contributed by atoms with Gasteiger partial charge in [-0.25, -0.2) is 13.6 Å². The van der Waals surface area contributed by atoms with Crippen LogP contribution >= 0.6 is 0 Å². The summed E-state index contributed by atoms with van der Waals surface area (Å²) in [6.45, 7) is 0.996. The van der Waals surface area contributed by atoms with E-state index in [1.807, 2.05) is 35.2 Å². The summed E-state index contributed by atoms with van der Waals surface area (Å²) in [5, 5.41) is 5.12. The van der Waals surface area contributed by atoms with Gasteiger partial charge in [-0.15, -0.1) is 0 Å². The SMILES string of the molecule is NS(=O)(=O)CC1CC(=O)N(C2CCCC2OCc2ccccc2)C1. The maximum Gasteiger partial charge on any atom is 0.223 e. The van der Waals surface area contributed by atoms with Crippen molar-refractivity contribution in [1.82, 2.24) is 4.90 Å². The largest absolute Gasteiger partial charge is 0.371 e. The van der Waals surface area contributed by atoms with E-state index in [2.05, 4.69) is 0 Å². The molecule has 1 aliphatic heterocycles. The van der Waals surface area contributed by atoms with Gasteiger partial charge in [0.25, 0.3) is 0 Å². The Morgan fingerprint density at radius 1 is 1.21 bits per heavy atom.